The Morgan fingerprint density at radius 1 is 0.938 bits per heavy atom. The molecule has 0 bridgehead atoms. The predicted molar refractivity (Wildman–Crippen MR) is 128 cm³/mol. The molecule has 0 spiro atoms. The van der Waals surface area contributed by atoms with Crippen molar-refractivity contribution in [2.24, 2.45) is 0 Å². The average molecular weight is 434 g/mol. The molecule has 0 unspecified atom stereocenters. The van der Waals surface area contributed by atoms with E-state index in [2.05, 4.69) is 43.1 Å². The van der Waals surface area contributed by atoms with Crippen LogP contribution in [0, 0.1) is 24.0 Å². The van der Waals surface area contributed by atoms with E-state index >= 15 is 0 Å². The molecular weight excluding hydrogens is 406 g/mol. The fraction of sp³-hybridized carbons (Fsp3) is 0.240. The quantitative estimate of drug-likeness (QED) is 0.347. The Bertz CT molecular complexity index is 1120. The van der Waals surface area contributed by atoms with E-state index in [0.29, 0.717) is 5.69 Å². The molecule has 0 aliphatic rings. The third-order valence-corrected chi connectivity index (χ3v) is 5.37. The number of benzene rings is 3. The number of ether oxygens (including phenoxy) is 1. The zero-order valence-corrected chi connectivity index (χ0v) is 18.7. The van der Waals surface area contributed by atoms with Crippen molar-refractivity contribution >= 4 is 23.2 Å². The SMILES string of the molecule is CCN(CC)c1cccc(C)c1-c1c(C)cccc1NC(=O)Oc1ccc([N+](=O)[O-])cc1. The van der Waals surface area contributed by atoms with Crippen LogP contribution < -0.4 is 15.0 Å². The van der Waals surface area contributed by atoms with E-state index in [4.69, 9.17) is 4.74 Å². The fourth-order valence-electron chi connectivity index (χ4n) is 3.79. The van der Waals surface area contributed by atoms with Crippen molar-refractivity contribution in [2.75, 3.05) is 23.3 Å². The van der Waals surface area contributed by atoms with Gasteiger partial charge >= 0.3 is 6.09 Å². The molecule has 0 aromatic heterocycles. The van der Waals surface area contributed by atoms with Crippen molar-refractivity contribution in [3.05, 3.63) is 81.9 Å². The van der Waals surface area contributed by atoms with E-state index in [1.54, 1.807) is 0 Å². The van der Waals surface area contributed by atoms with E-state index in [9.17, 15) is 14.9 Å². The summed E-state index contributed by atoms with van der Waals surface area (Å²) >= 11 is 0. The number of non-ortho nitro benzene ring substituents is 1. The summed E-state index contributed by atoms with van der Waals surface area (Å²) in [6.45, 7) is 10.0. The van der Waals surface area contributed by atoms with Crippen LogP contribution in [0.5, 0.6) is 5.75 Å². The Morgan fingerprint density at radius 2 is 1.53 bits per heavy atom. The van der Waals surface area contributed by atoms with Gasteiger partial charge in [-0.1, -0.05) is 24.3 Å². The molecule has 1 N–H and O–H groups in total. The van der Waals surface area contributed by atoms with Gasteiger partial charge < -0.3 is 9.64 Å². The second kappa shape index (κ2) is 9.96. The molecule has 3 aromatic rings. The highest BCUT2D eigenvalue weighted by atomic mass is 16.6. The molecule has 0 saturated heterocycles. The van der Waals surface area contributed by atoms with Crippen LogP contribution in [0.3, 0.4) is 0 Å². The Balaban J connectivity index is 1.96. The molecule has 0 aliphatic carbocycles. The second-order valence-corrected chi connectivity index (χ2v) is 7.40. The van der Waals surface area contributed by atoms with Crippen molar-refractivity contribution in [1.29, 1.82) is 0 Å². The first-order valence-corrected chi connectivity index (χ1v) is 10.5. The van der Waals surface area contributed by atoms with Crippen molar-refractivity contribution in [2.45, 2.75) is 27.7 Å². The number of aryl methyl sites for hydroxylation is 2. The van der Waals surface area contributed by atoms with Crippen LogP contribution in [0.1, 0.15) is 25.0 Å². The van der Waals surface area contributed by atoms with Crippen LogP contribution in [-0.2, 0) is 0 Å². The number of carbonyl (C=O) groups is 1. The van der Waals surface area contributed by atoms with E-state index in [0.717, 1.165) is 41.0 Å². The van der Waals surface area contributed by atoms with Crippen LogP contribution in [0.15, 0.2) is 60.7 Å². The summed E-state index contributed by atoms with van der Waals surface area (Å²) in [5, 5.41) is 13.7. The number of rotatable bonds is 7. The summed E-state index contributed by atoms with van der Waals surface area (Å²) in [4.78, 5) is 25.2. The molecule has 166 valence electrons. The van der Waals surface area contributed by atoms with Gasteiger partial charge in [0, 0.05) is 42.0 Å². The molecule has 0 radical (unpaired) electrons. The Morgan fingerprint density at radius 3 is 2.12 bits per heavy atom. The van der Waals surface area contributed by atoms with Gasteiger partial charge in [0.05, 0.1) is 10.6 Å². The summed E-state index contributed by atoms with van der Waals surface area (Å²) in [5.41, 5.74) is 5.82. The Labute approximate surface area is 187 Å². The van der Waals surface area contributed by atoms with E-state index in [-0.39, 0.29) is 11.4 Å². The van der Waals surface area contributed by atoms with Crippen LogP contribution in [0.4, 0.5) is 21.9 Å². The molecule has 0 atom stereocenters. The lowest BCUT2D eigenvalue weighted by Crippen LogP contribution is -2.23. The molecule has 7 nitrogen and oxygen atoms in total. The van der Waals surface area contributed by atoms with E-state index in [1.807, 2.05) is 31.2 Å². The number of nitrogens with zero attached hydrogens (tertiary/aromatic N) is 2. The van der Waals surface area contributed by atoms with Gasteiger partial charge in [-0.25, -0.2) is 4.79 Å². The monoisotopic (exact) mass is 433 g/mol. The summed E-state index contributed by atoms with van der Waals surface area (Å²) in [6.07, 6.45) is -0.663. The number of carbonyl (C=O) groups excluding carboxylic acids is 1. The van der Waals surface area contributed by atoms with Gasteiger partial charge in [-0.05, 0) is 63.1 Å². The molecule has 0 heterocycles. The number of nitro groups is 1. The molecule has 3 aromatic carbocycles. The van der Waals surface area contributed by atoms with E-state index < -0.39 is 11.0 Å². The molecule has 0 saturated carbocycles. The van der Waals surface area contributed by atoms with Gasteiger partial charge in [0.25, 0.3) is 5.69 Å². The summed E-state index contributed by atoms with van der Waals surface area (Å²) in [5.74, 6) is 0.224. The van der Waals surface area contributed by atoms with Crippen LogP contribution >= 0.6 is 0 Å². The maximum Gasteiger partial charge on any atom is 0.417 e. The lowest BCUT2D eigenvalue weighted by Gasteiger charge is -2.27. The topological polar surface area (TPSA) is 84.7 Å². The van der Waals surface area contributed by atoms with Crippen LogP contribution in [0.2, 0.25) is 0 Å². The number of nitrogens with one attached hydrogen (secondary N) is 1. The molecule has 0 fully saturated rings. The number of nitro benzene ring substituents is 1. The number of anilines is 2. The lowest BCUT2D eigenvalue weighted by molar-refractivity contribution is -0.384. The van der Waals surface area contributed by atoms with Gasteiger partial charge in [0.1, 0.15) is 5.75 Å². The van der Waals surface area contributed by atoms with Crippen molar-refractivity contribution in [1.82, 2.24) is 0 Å². The normalized spacial score (nSPS) is 10.5. The first-order valence-electron chi connectivity index (χ1n) is 10.5. The molecular formula is C25H27N3O4. The average Bonchev–Trinajstić information content (AvgIpc) is 2.76. The maximum atomic E-state index is 12.6. The van der Waals surface area contributed by atoms with Gasteiger partial charge in [0.2, 0.25) is 0 Å². The molecule has 7 heteroatoms. The standard InChI is InChI=1S/C25H27N3O4/c1-5-27(6-2)22-12-8-10-18(4)24(22)23-17(3)9-7-11-21(23)26-25(29)32-20-15-13-19(14-16-20)28(30)31/h7-16H,5-6H2,1-4H3,(H,26,29). The maximum absolute atomic E-state index is 12.6. The van der Waals surface area contributed by atoms with Gasteiger partial charge in [0.15, 0.2) is 0 Å². The van der Waals surface area contributed by atoms with Gasteiger partial charge in [-0.15, -0.1) is 0 Å². The first kappa shape index (κ1) is 22.8. The predicted octanol–water partition coefficient (Wildman–Crippen LogP) is 6.34. The molecule has 3 rings (SSSR count). The van der Waals surface area contributed by atoms with Gasteiger partial charge in [-0.2, -0.15) is 0 Å². The minimum absolute atomic E-state index is 0.0674. The van der Waals surface area contributed by atoms with Crippen molar-refractivity contribution < 1.29 is 14.5 Å². The second-order valence-electron chi connectivity index (χ2n) is 7.40. The third-order valence-electron chi connectivity index (χ3n) is 5.37. The summed E-state index contributed by atoms with van der Waals surface area (Å²) in [7, 11) is 0. The number of amides is 1. The highest BCUT2D eigenvalue weighted by molar-refractivity contribution is 5.97. The summed E-state index contributed by atoms with van der Waals surface area (Å²) in [6, 6.07) is 17.3. The van der Waals surface area contributed by atoms with Crippen molar-refractivity contribution in [3.63, 3.8) is 0 Å². The van der Waals surface area contributed by atoms with Gasteiger partial charge in [-0.3, -0.25) is 15.4 Å². The fourth-order valence-corrected chi connectivity index (χ4v) is 3.79. The molecule has 0 aliphatic heterocycles. The highest BCUT2D eigenvalue weighted by Gasteiger charge is 2.19. The van der Waals surface area contributed by atoms with Crippen LogP contribution in [-0.4, -0.2) is 24.1 Å². The van der Waals surface area contributed by atoms with Crippen molar-refractivity contribution in [3.8, 4) is 16.9 Å². The Hall–Kier alpha value is -3.87. The summed E-state index contributed by atoms with van der Waals surface area (Å²) < 4.78 is 5.35. The number of hydrogen-bond acceptors (Lipinski definition) is 5. The molecule has 32 heavy (non-hydrogen) atoms. The first-order chi connectivity index (χ1) is 15.3. The minimum atomic E-state index is -0.663. The minimum Gasteiger partial charge on any atom is -0.410 e. The van der Waals surface area contributed by atoms with Crippen LogP contribution in [0.25, 0.3) is 11.1 Å². The van der Waals surface area contributed by atoms with E-state index in [1.165, 1.54) is 24.3 Å². The third kappa shape index (κ3) is 4.88. The zero-order valence-electron chi connectivity index (χ0n) is 18.7. The smallest absolute Gasteiger partial charge is 0.410 e. The largest absolute Gasteiger partial charge is 0.417 e. The number of hydrogen-bond donors (Lipinski definition) is 1. The highest BCUT2D eigenvalue weighted by Crippen LogP contribution is 2.40. The lowest BCUT2D eigenvalue weighted by atomic mass is 9.92. The molecule has 1 amide bonds. The zero-order chi connectivity index (χ0) is 23.3. The Kier molecular flexibility index (Phi) is 7.10.